The molecule has 2 aromatic rings. The van der Waals surface area contributed by atoms with Gasteiger partial charge in [0, 0.05) is 12.3 Å². The number of nitro benzene ring substituents is 1. The van der Waals surface area contributed by atoms with E-state index >= 15 is 0 Å². The van der Waals surface area contributed by atoms with Crippen LogP contribution in [0.3, 0.4) is 0 Å². The van der Waals surface area contributed by atoms with Crippen LogP contribution >= 0.6 is 0 Å². The average molecular weight is 291 g/mol. The summed E-state index contributed by atoms with van der Waals surface area (Å²) in [5.74, 6) is -2.36. The lowest BCUT2D eigenvalue weighted by molar-refractivity contribution is -0.384. The summed E-state index contributed by atoms with van der Waals surface area (Å²) >= 11 is 0. The Bertz CT molecular complexity index is 721. The number of nitro groups is 1. The Kier molecular flexibility index (Phi) is 3.25. The van der Waals surface area contributed by atoms with Gasteiger partial charge in [-0.25, -0.2) is 8.78 Å². The number of nitrogens with zero attached hydrogens (tertiary/aromatic N) is 2. The maximum absolute atomic E-state index is 13.9. The fraction of sp³-hybridized carbons (Fsp3) is 0.214. The molecule has 0 spiro atoms. The minimum Gasteiger partial charge on any atom is -0.369 e. The van der Waals surface area contributed by atoms with Crippen LogP contribution < -0.4 is 5.32 Å². The number of rotatable bonds is 3. The van der Waals surface area contributed by atoms with Crippen LogP contribution in [-0.2, 0) is 6.42 Å². The minimum atomic E-state index is -1.24. The van der Waals surface area contributed by atoms with Gasteiger partial charge in [-0.15, -0.1) is 0 Å². The molecule has 0 amide bonds. The molecule has 1 unspecified atom stereocenters. The number of anilines is 1. The first-order valence-corrected chi connectivity index (χ1v) is 6.40. The van der Waals surface area contributed by atoms with Gasteiger partial charge in [-0.1, -0.05) is 6.07 Å². The van der Waals surface area contributed by atoms with Gasteiger partial charge in [0.15, 0.2) is 17.3 Å². The Hall–Kier alpha value is -2.57. The monoisotopic (exact) mass is 291 g/mol. The van der Waals surface area contributed by atoms with Crippen molar-refractivity contribution in [3.8, 4) is 0 Å². The van der Waals surface area contributed by atoms with Gasteiger partial charge >= 0.3 is 0 Å². The van der Waals surface area contributed by atoms with Gasteiger partial charge in [0.1, 0.15) is 0 Å². The van der Waals surface area contributed by atoms with Crippen LogP contribution in [0.15, 0.2) is 30.5 Å². The molecule has 1 aliphatic rings. The van der Waals surface area contributed by atoms with Crippen molar-refractivity contribution < 1.29 is 13.7 Å². The molecule has 1 atom stereocenters. The molecule has 1 aromatic heterocycles. The van der Waals surface area contributed by atoms with Crippen LogP contribution in [0.4, 0.5) is 20.2 Å². The summed E-state index contributed by atoms with van der Waals surface area (Å²) in [6.07, 6.45) is 2.97. The summed E-state index contributed by atoms with van der Waals surface area (Å²) in [4.78, 5) is 14.4. The Labute approximate surface area is 118 Å². The maximum atomic E-state index is 13.9. The predicted molar refractivity (Wildman–Crippen MR) is 71.9 cm³/mol. The highest BCUT2D eigenvalue weighted by atomic mass is 19.2. The third kappa shape index (κ3) is 2.31. The number of hydrogen-bond acceptors (Lipinski definition) is 4. The van der Waals surface area contributed by atoms with Gasteiger partial charge in [0.05, 0.1) is 16.7 Å². The van der Waals surface area contributed by atoms with Crippen molar-refractivity contribution in [2.75, 3.05) is 5.32 Å². The van der Waals surface area contributed by atoms with Crippen LogP contribution in [0.2, 0.25) is 0 Å². The highest BCUT2D eigenvalue weighted by Gasteiger charge is 2.28. The zero-order chi connectivity index (χ0) is 15.0. The molecule has 0 saturated heterocycles. The molecule has 21 heavy (non-hydrogen) atoms. The van der Waals surface area contributed by atoms with Crippen LogP contribution in [-0.4, -0.2) is 9.91 Å². The van der Waals surface area contributed by atoms with E-state index in [4.69, 9.17) is 0 Å². The minimum absolute atomic E-state index is 0.365. The molecule has 1 heterocycles. The molecule has 5 nitrogen and oxygen atoms in total. The number of hydrogen-bond donors (Lipinski definition) is 1. The van der Waals surface area contributed by atoms with Gasteiger partial charge < -0.3 is 5.32 Å². The quantitative estimate of drug-likeness (QED) is 0.695. The van der Waals surface area contributed by atoms with Crippen molar-refractivity contribution in [3.05, 3.63) is 63.5 Å². The highest BCUT2D eigenvalue weighted by molar-refractivity contribution is 5.63. The fourth-order valence-electron chi connectivity index (χ4n) is 2.56. The van der Waals surface area contributed by atoms with Crippen LogP contribution in [0.25, 0.3) is 0 Å². The summed E-state index contributed by atoms with van der Waals surface area (Å²) < 4.78 is 27.2. The van der Waals surface area contributed by atoms with E-state index in [0.29, 0.717) is 6.42 Å². The van der Waals surface area contributed by atoms with Crippen molar-refractivity contribution in [3.63, 3.8) is 0 Å². The molecule has 0 saturated carbocycles. The van der Waals surface area contributed by atoms with Gasteiger partial charge in [-0.2, -0.15) is 0 Å². The number of halogens is 2. The lowest BCUT2D eigenvalue weighted by Gasteiger charge is -2.15. The summed E-state index contributed by atoms with van der Waals surface area (Å²) in [6.45, 7) is 0. The van der Waals surface area contributed by atoms with Crippen molar-refractivity contribution in [2.24, 2.45) is 0 Å². The number of fused-ring (bicyclic) bond motifs is 1. The molecular weight excluding hydrogens is 280 g/mol. The molecular formula is C14H11F2N3O2. The summed E-state index contributed by atoms with van der Waals surface area (Å²) in [7, 11) is 0. The van der Waals surface area contributed by atoms with E-state index < -0.39 is 27.9 Å². The molecule has 7 heteroatoms. The van der Waals surface area contributed by atoms with E-state index in [1.807, 2.05) is 6.07 Å². The number of nitrogens with one attached hydrogen (secondary N) is 1. The molecule has 1 aliphatic carbocycles. The van der Waals surface area contributed by atoms with E-state index in [-0.39, 0.29) is 6.04 Å². The van der Waals surface area contributed by atoms with Gasteiger partial charge in [-0.05, 0) is 30.5 Å². The third-order valence-electron chi connectivity index (χ3n) is 3.55. The van der Waals surface area contributed by atoms with Crippen LogP contribution in [0, 0.1) is 21.7 Å². The van der Waals surface area contributed by atoms with E-state index in [1.54, 1.807) is 12.3 Å². The van der Waals surface area contributed by atoms with Crippen LogP contribution in [0.1, 0.15) is 23.7 Å². The summed E-state index contributed by atoms with van der Waals surface area (Å²) in [6, 6.07) is 5.04. The molecule has 0 radical (unpaired) electrons. The second kappa shape index (κ2) is 5.08. The maximum Gasteiger partial charge on any atom is 0.295 e. The lowest BCUT2D eigenvalue weighted by Crippen LogP contribution is -2.12. The smallest absolute Gasteiger partial charge is 0.295 e. The number of benzene rings is 1. The van der Waals surface area contributed by atoms with Gasteiger partial charge in [0.2, 0.25) is 0 Å². The molecule has 0 aliphatic heterocycles. The standard InChI is InChI=1S/C14H11F2N3O2/c15-9-4-6-11(19(20)21)14(12(9)16)18-10-5-3-8-2-1-7-17-13(8)10/h1-2,4,6-7,10,18H,3,5H2. The number of aromatic nitrogens is 1. The van der Waals surface area contributed by atoms with Crippen LogP contribution in [0.5, 0.6) is 0 Å². The first-order valence-electron chi connectivity index (χ1n) is 6.40. The molecule has 0 bridgehead atoms. The summed E-state index contributed by atoms with van der Waals surface area (Å²) in [5.41, 5.74) is 0.812. The first kappa shape index (κ1) is 13.4. The number of aryl methyl sites for hydroxylation is 1. The van der Waals surface area contributed by atoms with Crippen molar-refractivity contribution in [2.45, 2.75) is 18.9 Å². The first-order chi connectivity index (χ1) is 10.1. The third-order valence-corrected chi connectivity index (χ3v) is 3.55. The fourth-order valence-corrected chi connectivity index (χ4v) is 2.56. The van der Waals surface area contributed by atoms with E-state index in [0.717, 1.165) is 29.8 Å². The predicted octanol–water partition coefficient (Wildman–Crippen LogP) is 3.37. The normalized spacial score (nSPS) is 16.6. The number of pyridine rings is 1. The largest absolute Gasteiger partial charge is 0.369 e. The van der Waals surface area contributed by atoms with Gasteiger partial charge in [-0.3, -0.25) is 15.1 Å². The zero-order valence-electron chi connectivity index (χ0n) is 10.8. The molecule has 1 N–H and O–H groups in total. The van der Waals surface area contributed by atoms with Gasteiger partial charge in [0.25, 0.3) is 5.69 Å². The van der Waals surface area contributed by atoms with E-state index in [1.165, 1.54) is 0 Å². The SMILES string of the molecule is O=[N+]([O-])c1ccc(F)c(F)c1NC1CCc2cccnc21. The molecule has 3 rings (SSSR count). The topological polar surface area (TPSA) is 68.1 Å². The summed E-state index contributed by atoms with van der Waals surface area (Å²) in [5, 5.41) is 13.7. The van der Waals surface area contributed by atoms with E-state index in [2.05, 4.69) is 10.3 Å². The Balaban J connectivity index is 2.00. The second-order valence-electron chi connectivity index (χ2n) is 4.80. The van der Waals surface area contributed by atoms with E-state index in [9.17, 15) is 18.9 Å². The molecule has 1 aromatic carbocycles. The Morgan fingerprint density at radius 1 is 1.33 bits per heavy atom. The van der Waals surface area contributed by atoms with Crippen molar-refractivity contribution >= 4 is 11.4 Å². The Morgan fingerprint density at radius 2 is 2.14 bits per heavy atom. The zero-order valence-corrected chi connectivity index (χ0v) is 10.8. The molecule has 108 valence electrons. The van der Waals surface area contributed by atoms with Crippen molar-refractivity contribution in [1.82, 2.24) is 4.98 Å². The highest BCUT2D eigenvalue weighted by Crippen LogP contribution is 2.36. The second-order valence-corrected chi connectivity index (χ2v) is 4.80. The lowest BCUT2D eigenvalue weighted by atomic mass is 10.1. The average Bonchev–Trinajstić information content (AvgIpc) is 2.87. The Morgan fingerprint density at radius 3 is 2.90 bits per heavy atom. The molecule has 0 fully saturated rings. The van der Waals surface area contributed by atoms with Crippen molar-refractivity contribution in [1.29, 1.82) is 0 Å².